The summed E-state index contributed by atoms with van der Waals surface area (Å²) in [5.74, 6) is -1.81. The minimum Gasteiger partial charge on any atom is -0.423 e. The van der Waals surface area contributed by atoms with Gasteiger partial charge in [-0.15, -0.1) is 0 Å². The first-order chi connectivity index (χ1) is 20.5. The molecular weight excluding hydrogens is 703 g/mol. The zero-order chi connectivity index (χ0) is 32.9. The van der Waals surface area contributed by atoms with Crippen molar-refractivity contribution in [2.24, 2.45) is 22.7 Å². The Morgan fingerprint density at radius 2 is 1.78 bits per heavy atom. The van der Waals surface area contributed by atoms with Crippen molar-refractivity contribution in [3.63, 3.8) is 0 Å². The van der Waals surface area contributed by atoms with Gasteiger partial charge < -0.3 is 29.4 Å². The molecule has 0 bridgehead atoms. The molecule has 0 radical (unpaired) electrons. The van der Waals surface area contributed by atoms with Gasteiger partial charge in [0.1, 0.15) is 5.75 Å². The Balaban J connectivity index is 0.000000370. The summed E-state index contributed by atoms with van der Waals surface area (Å²) in [6.45, 7) is 15.6. The number of ether oxygens (including phenoxy) is 1. The van der Waals surface area contributed by atoms with Crippen molar-refractivity contribution in [2.45, 2.75) is 110 Å². The molecule has 3 aliphatic carbocycles. The molecule has 0 saturated heterocycles. The number of alkyl halides is 4. The van der Waals surface area contributed by atoms with Crippen LogP contribution < -0.4 is 79.4 Å². The minimum absolute atomic E-state index is 0. The van der Waals surface area contributed by atoms with Crippen LogP contribution in [0.3, 0.4) is 0 Å². The van der Waals surface area contributed by atoms with E-state index in [0.29, 0.717) is 40.2 Å². The number of carbonyl (C=O) groups is 1. The number of esters is 1. The molecule has 246 valence electrons. The molecule has 2 fully saturated rings. The third-order valence-corrected chi connectivity index (χ3v) is 9.83. The zero-order valence-electron chi connectivity index (χ0n) is 27.6. The number of benzene rings is 2. The van der Waals surface area contributed by atoms with E-state index in [1.54, 1.807) is 24.3 Å². The van der Waals surface area contributed by atoms with Crippen LogP contribution in [0.25, 0.3) is 0 Å². The first-order valence-electron chi connectivity index (χ1n) is 15.7. The van der Waals surface area contributed by atoms with E-state index in [4.69, 9.17) is 10.5 Å². The van der Waals surface area contributed by atoms with Gasteiger partial charge in [-0.2, -0.15) is 11.8 Å². The number of rotatable bonds is 6. The van der Waals surface area contributed by atoms with E-state index >= 15 is 0 Å². The molecule has 5 unspecified atom stereocenters. The van der Waals surface area contributed by atoms with Gasteiger partial charge in [0.15, 0.2) is 0 Å². The molecule has 0 heterocycles. The van der Waals surface area contributed by atoms with Crippen LogP contribution in [0.4, 0.5) is 23.2 Å². The third kappa shape index (κ3) is 10.5. The maximum absolute atomic E-state index is 12.5. The molecule has 2 saturated carbocycles. The van der Waals surface area contributed by atoms with Gasteiger partial charge in [0.2, 0.25) is 0 Å². The smallest absolute Gasteiger partial charge is 0.423 e. The van der Waals surface area contributed by atoms with Crippen molar-refractivity contribution in [1.29, 1.82) is 0 Å². The average molecular weight is 753 g/mol. The maximum Gasteiger partial charge on any atom is 1.00 e. The van der Waals surface area contributed by atoms with E-state index in [2.05, 4.69) is 47.6 Å². The van der Waals surface area contributed by atoms with Gasteiger partial charge >= 0.3 is 87.2 Å². The summed E-state index contributed by atoms with van der Waals surface area (Å²) in [6, 6.07) is 13.1. The first kappa shape index (κ1) is 40.6. The number of anilines is 1. The Labute approximate surface area is 326 Å². The second-order valence-electron chi connectivity index (χ2n) is 13.6. The predicted molar refractivity (Wildman–Crippen MR) is 168 cm³/mol. The summed E-state index contributed by atoms with van der Waals surface area (Å²) in [7, 11) is 0. The number of nitrogens with two attached hydrogens (primary N) is 1. The molecule has 3 N–H and O–H groups in total. The van der Waals surface area contributed by atoms with Gasteiger partial charge in [-0.3, -0.25) is 0 Å². The Hall–Kier alpha value is -0.558. The van der Waals surface area contributed by atoms with Gasteiger partial charge in [0, 0.05) is 5.69 Å². The molecule has 0 aliphatic heterocycles. The van der Waals surface area contributed by atoms with Crippen LogP contribution in [-0.2, 0) is 6.42 Å². The van der Waals surface area contributed by atoms with Crippen LogP contribution in [0, 0.1) is 36.5 Å². The number of hydrogen-bond donors (Lipinski definition) is 2. The summed E-state index contributed by atoms with van der Waals surface area (Å²) in [4.78, 5) is 12.5. The predicted octanol–water partition coefficient (Wildman–Crippen LogP) is 6.47. The Morgan fingerprint density at radius 3 is 2.33 bits per heavy atom. The number of carbonyl (C=O) groups excluding carboxylic acids is 1. The molecule has 0 aromatic heterocycles. The van der Waals surface area contributed by atoms with E-state index in [0.717, 1.165) is 44.9 Å². The molecule has 2 aromatic carbocycles. The number of aliphatic hydroxyl groups is 1. The molecule has 5 atom stereocenters. The zero-order valence-corrected chi connectivity index (χ0v) is 33.8. The van der Waals surface area contributed by atoms with Crippen molar-refractivity contribution in [1.82, 2.24) is 0 Å². The average Bonchev–Trinajstić information content (AvgIpc) is 3.27. The summed E-state index contributed by atoms with van der Waals surface area (Å²) in [5, 5.41) is 10.5. The quantitative estimate of drug-likeness (QED) is 0.117. The van der Waals surface area contributed by atoms with Crippen molar-refractivity contribution in [3.05, 3.63) is 73.0 Å². The number of hydrogen-bond acceptors (Lipinski definition) is 4. The SMILES string of the molecule is CC12CCC3c4ccc(OC(=O)c5ccccc5N)cc4CCC3C1CCC2O.[CH2-]C(C)(C)CC.[CH2-]CCC(F)(F)C(F)F.[Cs+]. The molecule has 2 aromatic rings. The second kappa shape index (κ2) is 17.2. The summed E-state index contributed by atoms with van der Waals surface area (Å²) < 4.78 is 51.6. The van der Waals surface area contributed by atoms with E-state index in [9.17, 15) is 27.5 Å². The largest absolute Gasteiger partial charge is 1.00 e. The number of fused-ring (bicyclic) bond motifs is 5. The summed E-state index contributed by atoms with van der Waals surface area (Å²) >= 11 is 0. The van der Waals surface area contributed by atoms with E-state index < -0.39 is 24.7 Å². The molecule has 5 rings (SSSR count). The second-order valence-corrected chi connectivity index (χ2v) is 13.6. The van der Waals surface area contributed by atoms with E-state index in [1.807, 2.05) is 12.1 Å². The fourth-order valence-corrected chi connectivity index (χ4v) is 6.78. The molecule has 45 heavy (non-hydrogen) atoms. The van der Waals surface area contributed by atoms with Gasteiger partial charge in [0.05, 0.1) is 11.7 Å². The van der Waals surface area contributed by atoms with Crippen LogP contribution >= 0.6 is 0 Å². The number of aliphatic hydroxyl groups excluding tert-OH is 1. The van der Waals surface area contributed by atoms with Crippen molar-refractivity contribution in [2.75, 3.05) is 5.73 Å². The van der Waals surface area contributed by atoms with E-state index in [-0.39, 0.29) is 86.8 Å². The van der Waals surface area contributed by atoms with Crippen LogP contribution in [0.2, 0.25) is 0 Å². The normalized spacial score (nSPS) is 25.2. The fourth-order valence-electron chi connectivity index (χ4n) is 6.78. The fraction of sp³-hybridized carbons (Fsp3) is 0.583. The van der Waals surface area contributed by atoms with Crippen molar-refractivity contribution < 1.29 is 101 Å². The number of para-hydroxylation sites is 1. The monoisotopic (exact) mass is 752 g/mol. The number of halogens is 4. The Morgan fingerprint density at radius 1 is 1.13 bits per heavy atom. The topological polar surface area (TPSA) is 72.5 Å². The number of aryl methyl sites for hydroxylation is 1. The number of nitrogen functional groups attached to an aromatic ring is 1. The van der Waals surface area contributed by atoms with Gasteiger partial charge in [-0.1, -0.05) is 52.3 Å². The third-order valence-electron chi connectivity index (χ3n) is 9.83. The summed E-state index contributed by atoms with van der Waals surface area (Å²) in [5.41, 5.74) is 9.85. The van der Waals surface area contributed by atoms with Gasteiger partial charge in [-0.25, -0.2) is 22.4 Å². The molecule has 0 amide bonds. The first-order valence-corrected chi connectivity index (χ1v) is 15.7. The molecule has 0 spiro atoms. The molecule has 3 aliphatic rings. The molecular formula is C36H49CsF4NO3-. The van der Waals surface area contributed by atoms with Crippen molar-refractivity contribution >= 4 is 11.7 Å². The van der Waals surface area contributed by atoms with Crippen LogP contribution in [-0.4, -0.2) is 29.5 Å². The van der Waals surface area contributed by atoms with E-state index in [1.165, 1.54) is 11.1 Å². The Bertz CT molecular complexity index is 1250. The molecule has 9 heteroatoms. The maximum atomic E-state index is 12.5. The van der Waals surface area contributed by atoms with Crippen LogP contribution in [0.1, 0.15) is 106 Å². The van der Waals surface area contributed by atoms with Gasteiger partial charge in [-0.05, 0) is 104 Å². The standard InChI is InChI=1S/C25H29NO3.C6H13.C5H7F4.Cs/c1-25-13-12-18-17-9-7-16(29-24(28)20-4-2-3-5-22(20)26)14-15(17)6-8-19(18)21(25)10-11-23(25)27;1-5-6(2,3)4;1-2-3-5(8,9)4(6)7;/h2-5,7,9,14,18-19,21,23,27H,6,8,10-13,26H2,1H3;2,5H2,1,3-4H3;4H,1-3H2;/q;2*-1;+1. The Kier molecular flexibility index (Phi) is 15.5. The minimum atomic E-state index is -3.85. The van der Waals surface area contributed by atoms with Crippen LogP contribution in [0.5, 0.6) is 5.75 Å². The van der Waals surface area contributed by atoms with Crippen LogP contribution in [0.15, 0.2) is 42.5 Å². The van der Waals surface area contributed by atoms with Gasteiger partial charge in [0.25, 0.3) is 0 Å². The van der Waals surface area contributed by atoms with Crippen molar-refractivity contribution in [3.8, 4) is 5.75 Å². The summed E-state index contributed by atoms with van der Waals surface area (Å²) in [6.07, 6.45) is 2.98. The molecule has 4 nitrogen and oxygen atoms in total.